The Morgan fingerprint density at radius 1 is 1.53 bits per heavy atom. The van der Waals surface area contributed by atoms with Gasteiger partial charge in [0.15, 0.2) is 10.9 Å². The lowest BCUT2D eigenvalue weighted by Gasteiger charge is -2.07. The van der Waals surface area contributed by atoms with Crippen LogP contribution in [-0.4, -0.2) is 28.6 Å². The molecule has 8 heteroatoms. The molecule has 0 saturated carbocycles. The predicted octanol–water partition coefficient (Wildman–Crippen LogP) is -0.513. The van der Waals surface area contributed by atoms with E-state index < -0.39 is 17.9 Å². The summed E-state index contributed by atoms with van der Waals surface area (Å²) in [6.45, 7) is 1.37. The van der Waals surface area contributed by atoms with E-state index in [0.29, 0.717) is 0 Å². The van der Waals surface area contributed by atoms with Gasteiger partial charge in [-0.25, -0.2) is 4.98 Å². The quantitative estimate of drug-likeness (QED) is 0.611. The van der Waals surface area contributed by atoms with Crippen LogP contribution in [0.15, 0.2) is 5.38 Å². The first-order valence-corrected chi connectivity index (χ1v) is 5.59. The number of ketones is 1. The molecule has 1 atom stereocenters. The molecule has 1 aromatic rings. The van der Waals surface area contributed by atoms with Gasteiger partial charge in [-0.1, -0.05) is 0 Å². The van der Waals surface area contributed by atoms with Gasteiger partial charge >= 0.3 is 0 Å². The molecule has 1 unspecified atom stereocenters. The highest BCUT2D eigenvalue weighted by atomic mass is 32.1. The summed E-state index contributed by atoms with van der Waals surface area (Å²) in [5.74, 6) is -1.41. The highest BCUT2D eigenvalue weighted by molar-refractivity contribution is 7.14. The summed E-state index contributed by atoms with van der Waals surface area (Å²) in [6, 6.07) is -1.02. The van der Waals surface area contributed by atoms with Gasteiger partial charge in [-0.3, -0.25) is 14.4 Å². The van der Waals surface area contributed by atoms with E-state index in [4.69, 9.17) is 11.5 Å². The van der Waals surface area contributed by atoms with Crippen LogP contribution >= 0.6 is 11.3 Å². The van der Waals surface area contributed by atoms with E-state index >= 15 is 0 Å². The van der Waals surface area contributed by atoms with Crippen LogP contribution in [0.3, 0.4) is 0 Å². The minimum atomic E-state index is -1.02. The number of rotatable bonds is 5. The number of nitrogens with one attached hydrogen (secondary N) is 1. The third-order valence-electron chi connectivity index (χ3n) is 1.85. The Labute approximate surface area is 101 Å². The Morgan fingerprint density at radius 2 is 2.18 bits per heavy atom. The minimum absolute atomic E-state index is 0.191. The average Bonchev–Trinajstić information content (AvgIpc) is 2.65. The number of nitrogens with zero attached hydrogens (tertiary/aromatic N) is 1. The molecule has 0 aromatic carbocycles. The SMILES string of the molecule is CC(=O)c1csc(NC(=O)C(N)CC(N)=O)n1. The number of anilines is 1. The minimum Gasteiger partial charge on any atom is -0.370 e. The molecular formula is C9H12N4O3S. The molecule has 2 amide bonds. The van der Waals surface area contributed by atoms with Crippen molar-refractivity contribution < 1.29 is 14.4 Å². The number of thiazole rings is 1. The molecule has 0 spiro atoms. The number of nitrogens with two attached hydrogens (primary N) is 2. The van der Waals surface area contributed by atoms with Gasteiger partial charge in [0.25, 0.3) is 0 Å². The maximum atomic E-state index is 11.5. The van der Waals surface area contributed by atoms with E-state index in [1.807, 2.05) is 0 Å². The second-order valence-corrected chi connectivity index (χ2v) is 4.22. The van der Waals surface area contributed by atoms with Crippen molar-refractivity contribution >= 4 is 34.1 Å². The van der Waals surface area contributed by atoms with Crippen molar-refractivity contribution in [3.8, 4) is 0 Å². The highest BCUT2D eigenvalue weighted by Gasteiger charge is 2.17. The van der Waals surface area contributed by atoms with Crippen molar-refractivity contribution in [2.75, 3.05) is 5.32 Å². The maximum absolute atomic E-state index is 11.5. The largest absolute Gasteiger partial charge is 0.370 e. The lowest BCUT2D eigenvalue weighted by molar-refractivity contribution is -0.123. The zero-order valence-corrected chi connectivity index (χ0v) is 9.91. The van der Waals surface area contributed by atoms with Crippen molar-refractivity contribution in [3.05, 3.63) is 11.1 Å². The lowest BCUT2D eigenvalue weighted by atomic mass is 10.2. The van der Waals surface area contributed by atoms with Crippen LogP contribution in [0.25, 0.3) is 0 Å². The number of primary amides is 1. The Morgan fingerprint density at radius 3 is 2.65 bits per heavy atom. The molecule has 5 N–H and O–H groups in total. The predicted molar refractivity (Wildman–Crippen MR) is 62.5 cm³/mol. The topological polar surface area (TPSA) is 128 Å². The number of carbonyl (C=O) groups is 3. The molecule has 92 valence electrons. The molecule has 0 aliphatic rings. The van der Waals surface area contributed by atoms with Crippen LogP contribution in [0, 0.1) is 0 Å². The summed E-state index contributed by atoms with van der Waals surface area (Å²) >= 11 is 1.11. The molecule has 7 nitrogen and oxygen atoms in total. The van der Waals surface area contributed by atoms with Crippen molar-refractivity contribution in [3.63, 3.8) is 0 Å². The van der Waals surface area contributed by atoms with Gasteiger partial charge in [-0.15, -0.1) is 11.3 Å². The molecular weight excluding hydrogens is 244 g/mol. The zero-order valence-electron chi connectivity index (χ0n) is 9.10. The van der Waals surface area contributed by atoms with Gasteiger partial charge < -0.3 is 16.8 Å². The van der Waals surface area contributed by atoms with E-state index in [2.05, 4.69) is 10.3 Å². The summed E-state index contributed by atoms with van der Waals surface area (Å²) in [5.41, 5.74) is 10.6. The Hall–Kier alpha value is -1.80. The fraction of sp³-hybridized carbons (Fsp3) is 0.333. The smallest absolute Gasteiger partial charge is 0.243 e. The molecule has 0 saturated heterocycles. The van der Waals surface area contributed by atoms with E-state index in [9.17, 15) is 14.4 Å². The van der Waals surface area contributed by atoms with Crippen molar-refractivity contribution in [1.82, 2.24) is 4.98 Å². The molecule has 0 aliphatic heterocycles. The molecule has 0 aliphatic carbocycles. The van der Waals surface area contributed by atoms with E-state index in [0.717, 1.165) is 11.3 Å². The molecule has 0 fully saturated rings. The van der Waals surface area contributed by atoms with Crippen LogP contribution in [-0.2, 0) is 9.59 Å². The van der Waals surface area contributed by atoms with Gasteiger partial charge in [0.1, 0.15) is 5.69 Å². The third kappa shape index (κ3) is 3.93. The van der Waals surface area contributed by atoms with Gasteiger partial charge in [0.2, 0.25) is 11.8 Å². The normalized spacial score (nSPS) is 11.9. The van der Waals surface area contributed by atoms with Crippen LogP contribution in [0.4, 0.5) is 5.13 Å². The first kappa shape index (κ1) is 13.3. The number of hydrogen-bond donors (Lipinski definition) is 3. The first-order valence-electron chi connectivity index (χ1n) is 4.71. The zero-order chi connectivity index (χ0) is 13.0. The van der Waals surface area contributed by atoms with Crippen molar-refractivity contribution in [2.45, 2.75) is 19.4 Å². The molecule has 0 radical (unpaired) electrons. The van der Waals surface area contributed by atoms with Crippen LogP contribution in [0.5, 0.6) is 0 Å². The summed E-state index contributed by atoms with van der Waals surface area (Å²) in [7, 11) is 0. The maximum Gasteiger partial charge on any atom is 0.243 e. The Kier molecular flexibility index (Phi) is 4.30. The van der Waals surface area contributed by atoms with Crippen molar-refractivity contribution in [2.24, 2.45) is 11.5 Å². The average molecular weight is 256 g/mol. The van der Waals surface area contributed by atoms with Crippen LogP contribution < -0.4 is 16.8 Å². The third-order valence-corrected chi connectivity index (χ3v) is 2.61. The Balaban J connectivity index is 2.61. The van der Waals surface area contributed by atoms with Gasteiger partial charge in [0, 0.05) is 12.3 Å². The number of carbonyl (C=O) groups excluding carboxylic acids is 3. The first-order chi connectivity index (χ1) is 7.90. The van der Waals surface area contributed by atoms with Gasteiger partial charge in [-0.2, -0.15) is 0 Å². The summed E-state index contributed by atoms with van der Waals surface area (Å²) in [4.78, 5) is 36.9. The van der Waals surface area contributed by atoms with Crippen LogP contribution in [0.1, 0.15) is 23.8 Å². The number of amides is 2. The molecule has 1 rings (SSSR count). The number of hydrogen-bond acceptors (Lipinski definition) is 6. The summed E-state index contributed by atoms with van der Waals surface area (Å²) < 4.78 is 0. The lowest BCUT2D eigenvalue weighted by Crippen LogP contribution is -2.38. The molecule has 1 heterocycles. The standard InChI is InChI=1S/C9H12N4O3S/c1-4(14)6-3-17-9(12-6)13-8(16)5(10)2-7(11)15/h3,5H,2,10H2,1H3,(H2,11,15)(H,12,13,16). The number of aromatic nitrogens is 1. The van der Waals surface area contributed by atoms with E-state index in [1.54, 1.807) is 0 Å². The monoisotopic (exact) mass is 256 g/mol. The van der Waals surface area contributed by atoms with E-state index in [-0.39, 0.29) is 23.0 Å². The summed E-state index contributed by atoms with van der Waals surface area (Å²) in [6.07, 6.45) is -0.239. The van der Waals surface area contributed by atoms with Gasteiger partial charge in [0.05, 0.1) is 12.5 Å². The summed E-state index contributed by atoms with van der Waals surface area (Å²) in [5, 5.41) is 4.20. The number of Topliss-reactive ketones (excluding diaryl/α,β-unsaturated/α-hetero) is 1. The second kappa shape index (κ2) is 5.51. The van der Waals surface area contributed by atoms with Crippen molar-refractivity contribution in [1.29, 1.82) is 0 Å². The molecule has 1 aromatic heterocycles. The molecule has 17 heavy (non-hydrogen) atoms. The molecule has 0 bridgehead atoms. The Bertz CT molecular complexity index is 457. The fourth-order valence-electron chi connectivity index (χ4n) is 1.00. The van der Waals surface area contributed by atoms with E-state index in [1.165, 1.54) is 12.3 Å². The highest BCUT2D eigenvalue weighted by Crippen LogP contribution is 2.15. The van der Waals surface area contributed by atoms with Gasteiger partial charge in [-0.05, 0) is 0 Å². The fourth-order valence-corrected chi connectivity index (χ4v) is 1.75. The second-order valence-electron chi connectivity index (χ2n) is 3.36. The van der Waals surface area contributed by atoms with Crippen LogP contribution in [0.2, 0.25) is 0 Å².